The lowest BCUT2D eigenvalue weighted by atomic mass is 10.1. The van der Waals surface area contributed by atoms with Crippen molar-refractivity contribution in [3.05, 3.63) is 64.7 Å². The summed E-state index contributed by atoms with van der Waals surface area (Å²) in [5.41, 5.74) is 1.41. The van der Waals surface area contributed by atoms with Gasteiger partial charge in [-0.2, -0.15) is 5.26 Å². The molecule has 0 heterocycles. The van der Waals surface area contributed by atoms with E-state index >= 15 is 0 Å². The number of hydrogen-bond acceptors (Lipinski definition) is 5. The molecule has 0 bridgehead atoms. The third-order valence-corrected chi connectivity index (χ3v) is 3.93. The van der Waals surface area contributed by atoms with Crippen LogP contribution in [-0.2, 0) is 14.3 Å². The van der Waals surface area contributed by atoms with Crippen molar-refractivity contribution in [2.45, 2.75) is 25.9 Å². The molecular formula is C20H17ClN2O4. The number of nitrogens with one attached hydrogen (secondary N) is 1. The molecule has 0 unspecified atom stereocenters. The summed E-state index contributed by atoms with van der Waals surface area (Å²) in [5.74, 6) is -1.35. The maximum atomic E-state index is 12.1. The van der Waals surface area contributed by atoms with Gasteiger partial charge in [-0.1, -0.05) is 11.6 Å². The molecule has 7 heteroatoms. The number of esters is 1. The molecule has 0 radical (unpaired) electrons. The highest BCUT2D eigenvalue weighted by molar-refractivity contribution is 6.30. The van der Waals surface area contributed by atoms with E-state index in [0.717, 1.165) is 0 Å². The third kappa shape index (κ3) is 6.24. The Labute approximate surface area is 161 Å². The van der Waals surface area contributed by atoms with E-state index in [-0.39, 0.29) is 18.6 Å². The van der Waals surface area contributed by atoms with E-state index in [1.165, 1.54) is 6.92 Å². The van der Waals surface area contributed by atoms with Gasteiger partial charge in [0, 0.05) is 22.7 Å². The second kappa shape index (κ2) is 9.51. The molecular weight excluding hydrogens is 368 g/mol. The first-order valence-electron chi connectivity index (χ1n) is 8.18. The highest BCUT2D eigenvalue weighted by Gasteiger charge is 2.19. The van der Waals surface area contributed by atoms with Crippen LogP contribution in [0.1, 0.15) is 35.7 Å². The number of carbonyl (C=O) groups excluding carboxylic acids is 3. The summed E-state index contributed by atoms with van der Waals surface area (Å²) < 4.78 is 5.06. The Bertz CT molecular complexity index is 870. The van der Waals surface area contributed by atoms with Crippen LogP contribution >= 0.6 is 11.6 Å². The Hall–Kier alpha value is -3.17. The molecule has 6 nitrogen and oxygen atoms in total. The van der Waals surface area contributed by atoms with Gasteiger partial charge < -0.3 is 10.1 Å². The Balaban J connectivity index is 1.79. The third-order valence-electron chi connectivity index (χ3n) is 3.68. The number of halogens is 1. The highest BCUT2D eigenvalue weighted by Crippen LogP contribution is 2.13. The molecule has 0 aromatic heterocycles. The van der Waals surface area contributed by atoms with E-state index in [4.69, 9.17) is 21.6 Å². The van der Waals surface area contributed by atoms with Crippen LogP contribution in [0.3, 0.4) is 0 Å². The topological polar surface area (TPSA) is 96.3 Å². The van der Waals surface area contributed by atoms with Crippen molar-refractivity contribution < 1.29 is 19.1 Å². The Morgan fingerprint density at radius 1 is 1.07 bits per heavy atom. The molecule has 27 heavy (non-hydrogen) atoms. The molecule has 0 saturated heterocycles. The highest BCUT2D eigenvalue weighted by atomic mass is 35.5. The van der Waals surface area contributed by atoms with E-state index in [1.807, 2.05) is 6.07 Å². The molecule has 2 rings (SSSR count). The zero-order valence-electron chi connectivity index (χ0n) is 14.6. The van der Waals surface area contributed by atoms with Crippen molar-refractivity contribution in [3.63, 3.8) is 0 Å². The van der Waals surface area contributed by atoms with Gasteiger partial charge in [0.1, 0.15) is 0 Å². The van der Waals surface area contributed by atoms with Crippen LogP contribution in [0.2, 0.25) is 5.02 Å². The summed E-state index contributed by atoms with van der Waals surface area (Å²) in [5, 5.41) is 11.9. The minimum atomic E-state index is -1.02. The van der Waals surface area contributed by atoms with Crippen LogP contribution in [0, 0.1) is 11.3 Å². The van der Waals surface area contributed by atoms with Crippen molar-refractivity contribution >= 4 is 34.9 Å². The first-order valence-corrected chi connectivity index (χ1v) is 8.56. The van der Waals surface area contributed by atoms with Gasteiger partial charge in [-0.25, -0.2) is 0 Å². The molecule has 2 aromatic carbocycles. The Kier molecular flexibility index (Phi) is 7.09. The normalized spacial score (nSPS) is 11.1. The van der Waals surface area contributed by atoms with Gasteiger partial charge in [-0.3, -0.25) is 14.4 Å². The smallest absolute Gasteiger partial charge is 0.307 e. The number of amides is 1. The minimum absolute atomic E-state index is 0.0234. The van der Waals surface area contributed by atoms with E-state index in [2.05, 4.69) is 5.32 Å². The van der Waals surface area contributed by atoms with E-state index in [0.29, 0.717) is 21.8 Å². The molecule has 1 amide bonds. The molecule has 2 aromatic rings. The number of hydrogen-bond donors (Lipinski definition) is 1. The zero-order chi connectivity index (χ0) is 19.8. The van der Waals surface area contributed by atoms with Crippen LogP contribution in [0.4, 0.5) is 5.69 Å². The van der Waals surface area contributed by atoms with Crippen LogP contribution < -0.4 is 5.32 Å². The lowest BCUT2D eigenvalue weighted by molar-refractivity contribution is -0.153. The SMILES string of the molecule is C[C@H](OC(=O)CCC(=O)c1ccc(Cl)cc1)C(=O)Nc1ccc(C#N)cc1. The molecule has 0 fully saturated rings. The van der Waals surface area contributed by atoms with Gasteiger partial charge >= 0.3 is 5.97 Å². The largest absolute Gasteiger partial charge is 0.453 e. The number of ketones is 1. The fraction of sp³-hybridized carbons (Fsp3) is 0.200. The van der Waals surface area contributed by atoms with Gasteiger partial charge in [0.2, 0.25) is 0 Å². The summed E-state index contributed by atoms with van der Waals surface area (Å²) in [4.78, 5) is 36.0. The van der Waals surface area contributed by atoms with E-state index in [1.54, 1.807) is 48.5 Å². The summed E-state index contributed by atoms with van der Waals surface area (Å²) in [6.45, 7) is 1.44. The molecule has 1 atom stereocenters. The molecule has 0 aliphatic rings. The van der Waals surface area contributed by atoms with Crippen LogP contribution in [0.25, 0.3) is 0 Å². The second-order valence-electron chi connectivity index (χ2n) is 5.74. The van der Waals surface area contributed by atoms with E-state index in [9.17, 15) is 14.4 Å². The predicted octanol–water partition coefficient (Wildman–Crippen LogP) is 3.74. The Morgan fingerprint density at radius 3 is 2.30 bits per heavy atom. The second-order valence-corrected chi connectivity index (χ2v) is 6.18. The van der Waals surface area contributed by atoms with Crippen molar-refractivity contribution in [2.24, 2.45) is 0 Å². The number of nitrogens with zero attached hydrogens (tertiary/aromatic N) is 1. The Morgan fingerprint density at radius 2 is 1.70 bits per heavy atom. The monoisotopic (exact) mass is 384 g/mol. The van der Waals surface area contributed by atoms with Gasteiger partial charge in [0.15, 0.2) is 11.9 Å². The number of Topliss-reactive ketones (excluding diaryl/α,β-unsaturated/α-hetero) is 1. The van der Waals surface area contributed by atoms with Gasteiger partial charge in [-0.15, -0.1) is 0 Å². The number of ether oxygens (including phenoxy) is 1. The zero-order valence-corrected chi connectivity index (χ0v) is 15.3. The molecule has 1 N–H and O–H groups in total. The minimum Gasteiger partial charge on any atom is -0.453 e. The van der Waals surface area contributed by atoms with Crippen molar-refractivity contribution in [1.29, 1.82) is 5.26 Å². The van der Waals surface area contributed by atoms with Gasteiger partial charge in [-0.05, 0) is 55.5 Å². The summed E-state index contributed by atoms with van der Waals surface area (Å²) in [6, 6.07) is 14.6. The molecule has 0 saturated carbocycles. The number of nitriles is 1. The number of anilines is 1. The molecule has 0 aliphatic heterocycles. The van der Waals surface area contributed by atoms with Crippen LogP contribution in [0.5, 0.6) is 0 Å². The van der Waals surface area contributed by atoms with Crippen LogP contribution in [-0.4, -0.2) is 23.8 Å². The maximum absolute atomic E-state index is 12.1. The number of benzene rings is 2. The summed E-state index contributed by atoms with van der Waals surface area (Å²) in [6.07, 6.45) is -1.17. The summed E-state index contributed by atoms with van der Waals surface area (Å²) in [7, 11) is 0. The lowest BCUT2D eigenvalue weighted by Gasteiger charge is -2.13. The fourth-order valence-electron chi connectivity index (χ4n) is 2.18. The first kappa shape index (κ1) is 20.1. The lowest BCUT2D eigenvalue weighted by Crippen LogP contribution is -2.30. The molecule has 0 aliphatic carbocycles. The van der Waals surface area contributed by atoms with Crippen molar-refractivity contribution in [1.82, 2.24) is 0 Å². The van der Waals surface area contributed by atoms with E-state index < -0.39 is 18.0 Å². The fourth-order valence-corrected chi connectivity index (χ4v) is 2.30. The standard InChI is InChI=1S/C20H17ClN2O4/c1-13(20(26)23-17-8-2-14(12-22)3-9-17)27-19(25)11-10-18(24)15-4-6-16(21)7-5-15/h2-9,13H,10-11H2,1H3,(H,23,26)/t13-/m0/s1. The van der Waals surface area contributed by atoms with Gasteiger partial charge in [0.05, 0.1) is 18.1 Å². The quantitative estimate of drug-likeness (QED) is 0.579. The number of carbonyl (C=O) groups is 3. The first-order chi connectivity index (χ1) is 12.9. The van der Waals surface area contributed by atoms with Crippen molar-refractivity contribution in [2.75, 3.05) is 5.32 Å². The average molecular weight is 385 g/mol. The average Bonchev–Trinajstić information content (AvgIpc) is 2.67. The number of rotatable bonds is 7. The maximum Gasteiger partial charge on any atom is 0.307 e. The van der Waals surface area contributed by atoms with Gasteiger partial charge in [0.25, 0.3) is 5.91 Å². The van der Waals surface area contributed by atoms with Crippen LogP contribution in [0.15, 0.2) is 48.5 Å². The predicted molar refractivity (Wildman–Crippen MR) is 100 cm³/mol. The molecule has 0 spiro atoms. The summed E-state index contributed by atoms with van der Waals surface area (Å²) >= 11 is 5.77. The molecule has 138 valence electrons. The van der Waals surface area contributed by atoms with Crippen molar-refractivity contribution in [3.8, 4) is 6.07 Å².